The number of fused-ring (bicyclic) bond motifs is 1. The molecule has 2 atom stereocenters. The van der Waals surface area contributed by atoms with Gasteiger partial charge in [0.15, 0.2) is 0 Å². The van der Waals surface area contributed by atoms with Gasteiger partial charge in [-0.2, -0.15) is 0 Å². The monoisotopic (exact) mass is 275 g/mol. The number of unbranched alkanes of at least 4 members (excludes halogenated alkanes) is 2. The van der Waals surface area contributed by atoms with E-state index in [0.717, 1.165) is 11.8 Å². The number of nitrogens with zero attached hydrogens (tertiary/aromatic N) is 1. The largest absolute Gasteiger partial charge is 0.265 e. The van der Waals surface area contributed by atoms with Crippen LogP contribution >= 0.6 is 0 Å². The van der Waals surface area contributed by atoms with Crippen LogP contribution in [0.5, 0.6) is 0 Å². The molecule has 1 saturated carbocycles. The Kier molecular flexibility index (Phi) is 6.82. The molecule has 1 heterocycles. The zero-order chi connectivity index (χ0) is 14.2. The molecule has 0 amide bonds. The topological polar surface area (TPSA) is 12.4 Å². The number of hydrogen-bond acceptors (Lipinski definition) is 1. The van der Waals surface area contributed by atoms with Gasteiger partial charge in [0.1, 0.15) is 0 Å². The Morgan fingerprint density at radius 1 is 0.950 bits per heavy atom. The van der Waals surface area contributed by atoms with E-state index in [9.17, 15) is 0 Å². The highest BCUT2D eigenvalue weighted by molar-refractivity contribution is 5.88. The van der Waals surface area contributed by atoms with Crippen molar-refractivity contribution in [1.29, 1.82) is 0 Å². The summed E-state index contributed by atoms with van der Waals surface area (Å²) in [5, 5.41) is 0. The summed E-state index contributed by atoms with van der Waals surface area (Å²) in [5.74, 6) is 1.61. The highest BCUT2D eigenvalue weighted by atomic mass is 14.7. The molecule has 0 aromatic carbocycles. The fourth-order valence-electron chi connectivity index (χ4n) is 4.02. The number of rotatable bonds is 5. The molecule has 1 heteroatoms. The lowest BCUT2D eigenvalue weighted by molar-refractivity contribution is 0.396. The molecule has 1 nitrogen and oxygen atoms in total. The molecule has 0 bridgehead atoms. The SMILES string of the molecule is CCCCCC1=NC=C(CC)C2CCCCCCCC12. The summed E-state index contributed by atoms with van der Waals surface area (Å²) in [6.07, 6.45) is 18.7. The van der Waals surface area contributed by atoms with Crippen molar-refractivity contribution in [3.8, 4) is 0 Å². The molecule has 2 unspecified atom stereocenters. The molecular weight excluding hydrogens is 242 g/mol. The van der Waals surface area contributed by atoms with Crippen LogP contribution in [-0.4, -0.2) is 5.71 Å². The van der Waals surface area contributed by atoms with Crippen LogP contribution in [0.4, 0.5) is 0 Å². The first-order valence-corrected chi connectivity index (χ1v) is 9.12. The van der Waals surface area contributed by atoms with Crippen molar-refractivity contribution in [2.75, 3.05) is 0 Å². The molecule has 0 N–H and O–H groups in total. The Bertz CT molecular complexity index is 340. The van der Waals surface area contributed by atoms with E-state index in [0.29, 0.717) is 0 Å². The molecule has 20 heavy (non-hydrogen) atoms. The van der Waals surface area contributed by atoms with Crippen molar-refractivity contribution in [2.24, 2.45) is 16.8 Å². The van der Waals surface area contributed by atoms with Gasteiger partial charge in [0.2, 0.25) is 0 Å². The lowest BCUT2D eigenvalue weighted by Crippen LogP contribution is -2.28. The molecule has 2 rings (SSSR count). The van der Waals surface area contributed by atoms with Crippen molar-refractivity contribution in [3.63, 3.8) is 0 Å². The summed E-state index contributed by atoms with van der Waals surface area (Å²) in [4.78, 5) is 4.90. The highest BCUT2D eigenvalue weighted by Crippen LogP contribution is 2.38. The maximum absolute atomic E-state index is 4.90. The second-order valence-corrected chi connectivity index (χ2v) is 6.69. The van der Waals surface area contributed by atoms with Gasteiger partial charge in [0.25, 0.3) is 0 Å². The average Bonchev–Trinajstić information content (AvgIpc) is 2.59. The molecule has 2 aliphatic rings. The third kappa shape index (κ3) is 4.20. The standard InChI is InChI=1S/C19H33N/c1-3-5-9-14-19-18-13-11-8-6-7-10-12-17(18)16(4-2)15-20-19/h15,17-18H,3-14H2,1-2H3. The van der Waals surface area contributed by atoms with E-state index in [1.54, 1.807) is 11.3 Å². The van der Waals surface area contributed by atoms with Crippen LogP contribution in [0.15, 0.2) is 16.8 Å². The maximum Gasteiger partial charge on any atom is 0.0262 e. The van der Waals surface area contributed by atoms with Crippen molar-refractivity contribution in [1.82, 2.24) is 0 Å². The summed E-state index contributed by atoms with van der Waals surface area (Å²) < 4.78 is 0. The summed E-state index contributed by atoms with van der Waals surface area (Å²) in [5.41, 5.74) is 3.18. The van der Waals surface area contributed by atoms with E-state index in [-0.39, 0.29) is 0 Å². The van der Waals surface area contributed by atoms with E-state index in [1.165, 1.54) is 77.0 Å². The normalized spacial score (nSPS) is 27.7. The molecule has 0 spiro atoms. The minimum atomic E-state index is 0.782. The minimum Gasteiger partial charge on any atom is -0.265 e. The van der Waals surface area contributed by atoms with Gasteiger partial charge < -0.3 is 0 Å². The minimum absolute atomic E-state index is 0.782. The lowest BCUT2D eigenvalue weighted by atomic mass is 9.74. The molecule has 0 saturated heterocycles. The van der Waals surface area contributed by atoms with E-state index >= 15 is 0 Å². The number of aliphatic imine (C=N–C) groups is 1. The first-order valence-electron chi connectivity index (χ1n) is 9.12. The summed E-state index contributed by atoms with van der Waals surface area (Å²) in [7, 11) is 0. The van der Waals surface area contributed by atoms with Gasteiger partial charge in [-0.25, -0.2) is 0 Å². The van der Waals surface area contributed by atoms with Gasteiger partial charge >= 0.3 is 0 Å². The molecule has 0 aromatic rings. The Hall–Kier alpha value is -0.590. The Morgan fingerprint density at radius 2 is 1.65 bits per heavy atom. The van der Waals surface area contributed by atoms with Crippen molar-refractivity contribution in [2.45, 2.75) is 90.9 Å². The van der Waals surface area contributed by atoms with E-state index in [2.05, 4.69) is 20.0 Å². The zero-order valence-electron chi connectivity index (χ0n) is 13.7. The molecule has 0 aromatic heterocycles. The van der Waals surface area contributed by atoms with Gasteiger partial charge in [-0.15, -0.1) is 0 Å². The van der Waals surface area contributed by atoms with Crippen LogP contribution in [0.2, 0.25) is 0 Å². The summed E-state index contributed by atoms with van der Waals surface area (Å²) in [6.45, 7) is 4.60. The van der Waals surface area contributed by atoms with Crippen LogP contribution in [-0.2, 0) is 0 Å². The molecule has 1 aliphatic carbocycles. The van der Waals surface area contributed by atoms with Crippen molar-refractivity contribution < 1.29 is 0 Å². The Balaban J connectivity index is 2.09. The van der Waals surface area contributed by atoms with Crippen LogP contribution in [0.3, 0.4) is 0 Å². The highest BCUT2D eigenvalue weighted by Gasteiger charge is 2.30. The summed E-state index contributed by atoms with van der Waals surface area (Å²) in [6, 6.07) is 0. The number of hydrogen-bond donors (Lipinski definition) is 0. The number of allylic oxidation sites excluding steroid dienone is 1. The summed E-state index contributed by atoms with van der Waals surface area (Å²) >= 11 is 0. The second-order valence-electron chi connectivity index (χ2n) is 6.69. The third-order valence-electron chi connectivity index (χ3n) is 5.26. The quantitative estimate of drug-likeness (QED) is 0.523. The molecule has 1 aliphatic heterocycles. The second kappa shape index (κ2) is 8.64. The first kappa shape index (κ1) is 15.8. The van der Waals surface area contributed by atoms with Gasteiger partial charge in [0, 0.05) is 17.8 Å². The predicted molar refractivity (Wildman–Crippen MR) is 89.3 cm³/mol. The first-order chi connectivity index (χ1) is 9.86. The van der Waals surface area contributed by atoms with E-state index < -0.39 is 0 Å². The van der Waals surface area contributed by atoms with Crippen LogP contribution in [0, 0.1) is 11.8 Å². The fourth-order valence-corrected chi connectivity index (χ4v) is 4.02. The van der Waals surface area contributed by atoms with E-state index in [1.807, 2.05) is 0 Å². The molecule has 1 fully saturated rings. The van der Waals surface area contributed by atoms with Gasteiger partial charge in [0.05, 0.1) is 0 Å². The average molecular weight is 275 g/mol. The van der Waals surface area contributed by atoms with Gasteiger partial charge in [-0.3, -0.25) is 4.99 Å². The Morgan fingerprint density at radius 3 is 2.35 bits per heavy atom. The molecular formula is C19H33N. The van der Waals surface area contributed by atoms with Crippen molar-refractivity contribution in [3.05, 3.63) is 11.8 Å². The lowest BCUT2D eigenvalue weighted by Gasteiger charge is -2.33. The molecule has 114 valence electrons. The Labute approximate surface area is 126 Å². The predicted octanol–water partition coefficient (Wildman–Crippen LogP) is 6.29. The van der Waals surface area contributed by atoms with Crippen LogP contribution in [0.25, 0.3) is 0 Å². The van der Waals surface area contributed by atoms with Gasteiger partial charge in [-0.1, -0.05) is 58.8 Å². The third-order valence-corrected chi connectivity index (χ3v) is 5.26. The van der Waals surface area contributed by atoms with Crippen LogP contribution < -0.4 is 0 Å². The maximum atomic E-state index is 4.90. The fraction of sp³-hybridized carbons (Fsp3) is 0.842. The van der Waals surface area contributed by atoms with Crippen LogP contribution in [0.1, 0.15) is 90.9 Å². The molecule has 0 radical (unpaired) electrons. The zero-order valence-corrected chi connectivity index (χ0v) is 13.7. The smallest absolute Gasteiger partial charge is 0.0262 e. The van der Waals surface area contributed by atoms with Gasteiger partial charge in [-0.05, 0) is 43.6 Å². The van der Waals surface area contributed by atoms with Crippen molar-refractivity contribution >= 4 is 5.71 Å². The van der Waals surface area contributed by atoms with E-state index in [4.69, 9.17) is 4.99 Å².